The Kier molecular flexibility index (Phi) is 4.15. The first-order valence-corrected chi connectivity index (χ1v) is 6.39. The molecular formula is C13H21N5. The number of aromatic nitrogens is 4. The van der Waals surface area contributed by atoms with E-state index in [-0.39, 0.29) is 0 Å². The molecule has 18 heavy (non-hydrogen) atoms. The third-order valence-electron chi connectivity index (χ3n) is 3.24. The van der Waals surface area contributed by atoms with Gasteiger partial charge in [-0.2, -0.15) is 5.10 Å². The fourth-order valence-corrected chi connectivity index (χ4v) is 2.24. The molecular weight excluding hydrogens is 226 g/mol. The van der Waals surface area contributed by atoms with Gasteiger partial charge >= 0.3 is 0 Å². The molecule has 0 aliphatic carbocycles. The van der Waals surface area contributed by atoms with Crippen molar-refractivity contribution in [1.82, 2.24) is 24.6 Å². The molecule has 5 heteroatoms. The van der Waals surface area contributed by atoms with Crippen molar-refractivity contribution in [1.29, 1.82) is 0 Å². The van der Waals surface area contributed by atoms with Crippen LogP contribution in [-0.2, 0) is 20.5 Å². The van der Waals surface area contributed by atoms with Crippen LogP contribution in [-0.4, -0.2) is 25.9 Å². The molecule has 0 amide bonds. The zero-order chi connectivity index (χ0) is 13.0. The predicted octanol–water partition coefficient (Wildman–Crippen LogP) is 1.44. The highest BCUT2D eigenvalue weighted by Gasteiger charge is 2.14. The van der Waals surface area contributed by atoms with Gasteiger partial charge < -0.3 is 9.88 Å². The molecule has 0 aliphatic heterocycles. The minimum Gasteiger partial charge on any atom is -0.338 e. The van der Waals surface area contributed by atoms with E-state index < -0.39 is 0 Å². The van der Waals surface area contributed by atoms with E-state index in [1.54, 1.807) is 0 Å². The van der Waals surface area contributed by atoms with Crippen LogP contribution in [0.3, 0.4) is 0 Å². The van der Waals surface area contributed by atoms with Gasteiger partial charge in [0.2, 0.25) is 0 Å². The molecule has 1 atom stereocenters. The van der Waals surface area contributed by atoms with Gasteiger partial charge in [0.15, 0.2) is 0 Å². The molecule has 0 saturated heterocycles. The molecule has 2 aromatic heterocycles. The lowest BCUT2D eigenvalue weighted by atomic mass is 10.1. The summed E-state index contributed by atoms with van der Waals surface area (Å²) in [6.07, 6.45) is 7.67. The third-order valence-corrected chi connectivity index (χ3v) is 3.24. The summed E-state index contributed by atoms with van der Waals surface area (Å²) in [5, 5.41) is 7.75. The Bertz CT molecular complexity index is 485. The Labute approximate surface area is 108 Å². The standard InChI is InChI=1S/C13H21N5/c1-4-14-11(12-7-8-16-18(12)3)5-6-13-15-9-10-17(13)2/h7-11,14H,4-6H2,1-3H3. The largest absolute Gasteiger partial charge is 0.338 e. The molecule has 0 bridgehead atoms. The molecule has 0 radical (unpaired) electrons. The molecule has 0 spiro atoms. The van der Waals surface area contributed by atoms with E-state index >= 15 is 0 Å². The van der Waals surface area contributed by atoms with Crippen molar-refractivity contribution < 1.29 is 0 Å². The number of hydrogen-bond acceptors (Lipinski definition) is 3. The SMILES string of the molecule is CCNC(CCc1nccn1C)c1ccnn1C. The van der Waals surface area contributed by atoms with Crippen LogP contribution in [0.1, 0.15) is 30.9 Å². The zero-order valence-corrected chi connectivity index (χ0v) is 11.3. The van der Waals surface area contributed by atoms with E-state index in [1.807, 2.05) is 37.4 Å². The van der Waals surface area contributed by atoms with Crippen molar-refractivity contribution >= 4 is 0 Å². The van der Waals surface area contributed by atoms with Gasteiger partial charge in [0.05, 0.1) is 5.69 Å². The summed E-state index contributed by atoms with van der Waals surface area (Å²) in [5.74, 6) is 1.13. The molecule has 0 aliphatic rings. The monoisotopic (exact) mass is 247 g/mol. The summed E-state index contributed by atoms with van der Waals surface area (Å²) in [7, 11) is 4.02. The Balaban J connectivity index is 2.03. The van der Waals surface area contributed by atoms with Crippen LogP contribution in [0.25, 0.3) is 0 Å². The van der Waals surface area contributed by atoms with Crippen molar-refractivity contribution in [2.45, 2.75) is 25.8 Å². The topological polar surface area (TPSA) is 47.7 Å². The van der Waals surface area contributed by atoms with E-state index in [9.17, 15) is 0 Å². The van der Waals surface area contributed by atoms with Crippen LogP contribution < -0.4 is 5.32 Å². The smallest absolute Gasteiger partial charge is 0.108 e. The van der Waals surface area contributed by atoms with E-state index in [0.29, 0.717) is 6.04 Å². The fourth-order valence-electron chi connectivity index (χ4n) is 2.24. The second kappa shape index (κ2) is 5.82. The van der Waals surface area contributed by atoms with Gasteiger partial charge in [0.1, 0.15) is 5.82 Å². The maximum Gasteiger partial charge on any atom is 0.108 e. The summed E-state index contributed by atoms with van der Waals surface area (Å²) in [5.41, 5.74) is 1.23. The number of nitrogens with one attached hydrogen (secondary N) is 1. The lowest BCUT2D eigenvalue weighted by molar-refractivity contribution is 0.473. The minimum atomic E-state index is 0.333. The normalized spacial score (nSPS) is 12.8. The fraction of sp³-hybridized carbons (Fsp3) is 0.538. The Hall–Kier alpha value is -1.62. The number of nitrogens with zero attached hydrogens (tertiary/aromatic N) is 4. The van der Waals surface area contributed by atoms with Crippen molar-refractivity contribution in [2.75, 3.05) is 6.54 Å². The first-order valence-electron chi connectivity index (χ1n) is 6.39. The molecule has 2 aromatic rings. The average Bonchev–Trinajstić information content (AvgIpc) is 2.94. The number of aryl methyl sites for hydroxylation is 3. The van der Waals surface area contributed by atoms with Crippen molar-refractivity contribution in [3.8, 4) is 0 Å². The maximum absolute atomic E-state index is 4.36. The van der Waals surface area contributed by atoms with Gasteiger partial charge in [-0.05, 0) is 19.0 Å². The highest BCUT2D eigenvalue weighted by molar-refractivity contribution is 5.07. The van der Waals surface area contributed by atoms with Crippen LogP contribution in [0, 0.1) is 0 Å². The quantitative estimate of drug-likeness (QED) is 0.840. The molecule has 0 fully saturated rings. The molecule has 1 N–H and O–H groups in total. The van der Waals surface area contributed by atoms with E-state index in [4.69, 9.17) is 0 Å². The summed E-state index contributed by atoms with van der Waals surface area (Å²) in [6, 6.07) is 2.41. The molecule has 0 saturated carbocycles. The summed E-state index contributed by atoms with van der Waals surface area (Å²) < 4.78 is 4.01. The molecule has 2 heterocycles. The van der Waals surface area contributed by atoms with Crippen molar-refractivity contribution in [3.05, 3.63) is 36.2 Å². The lowest BCUT2D eigenvalue weighted by Gasteiger charge is -2.18. The van der Waals surface area contributed by atoms with Gasteiger partial charge in [0.25, 0.3) is 0 Å². The first kappa shape index (κ1) is 12.8. The molecule has 2 rings (SSSR count). The van der Waals surface area contributed by atoms with Gasteiger partial charge in [-0.25, -0.2) is 4.98 Å². The first-order chi connectivity index (χ1) is 8.72. The Morgan fingerprint density at radius 3 is 2.72 bits per heavy atom. The molecule has 1 unspecified atom stereocenters. The number of rotatable bonds is 6. The van der Waals surface area contributed by atoms with Gasteiger partial charge in [-0.3, -0.25) is 4.68 Å². The second-order valence-corrected chi connectivity index (χ2v) is 4.48. The summed E-state index contributed by atoms with van der Waals surface area (Å²) >= 11 is 0. The zero-order valence-electron chi connectivity index (χ0n) is 11.3. The predicted molar refractivity (Wildman–Crippen MR) is 71.2 cm³/mol. The number of imidazole rings is 1. The van der Waals surface area contributed by atoms with Gasteiger partial charge in [-0.1, -0.05) is 6.92 Å². The van der Waals surface area contributed by atoms with E-state index in [0.717, 1.165) is 25.2 Å². The second-order valence-electron chi connectivity index (χ2n) is 4.48. The van der Waals surface area contributed by atoms with Crippen LogP contribution in [0.2, 0.25) is 0 Å². The highest BCUT2D eigenvalue weighted by Crippen LogP contribution is 2.17. The van der Waals surface area contributed by atoms with E-state index in [2.05, 4.69) is 33.0 Å². The van der Waals surface area contributed by atoms with Crippen LogP contribution in [0.15, 0.2) is 24.7 Å². The van der Waals surface area contributed by atoms with Crippen LogP contribution in [0.5, 0.6) is 0 Å². The number of hydrogen-bond donors (Lipinski definition) is 1. The van der Waals surface area contributed by atoms with Crippen molar-refractivity contribution in [2.24, 2.45) is 14.1 Å². The Morgan fingerprint density at radius 1 is 1.33 bits per heavy atom. The van der Waals surface area contributed by atoms with Gasteiger partial charge in [-0.15, -0.1) is 0 Å². The third kappa shape index (κ3) is 2.79. The lowest BCUT2D eigenvalue weighted by Crippen LogP contribution is -2.24. The Morgan fingerprint density at radius 2 is 2.17 bits per heavy atom. The van der Waals surface area contributed by atoms with Crippen LogP contribution in [0.4, 0.5) is 0 Å². The molecule has 5 nitrogen and oxygen atoms in total. The summed E-state index contributed by atoms with van der Waals surface area (Å²) in [6.45, 7) is 3.08. The molecule has 98 valence electrons. The van der Waals surface area contributed by atoms with Crippen LogP contribution >= 0.6 is 0 Å². The maximum atomic E-state index is 4.36. The minimum absolute atomic E-state index is 0.333. The molecule has 0 aromatic carbocycles. The van der Waals surface area contributed by atoms with E-state index in [1.165, 1.54) is 5.69 Å². The van der Waals surface area contributed by atoms with Crippen molar-refractivity contribution in [3.63, 3.8) is 0 Å². The van der Waals surface area contributed by atoms with Gasteiger partial charge in [0, 0.05) is 45.1 Å². The highest BCUT2D eigenvalue weighted by atomic mass is 15.3. The summed E-state index contributed by atoms with van der Waals surface area (Å²) in [4.78, 5) is 4.36. The average molecular weight is 247 g/mol.